The van der Waals surface area contributed by atoms with E-state index in [2.05, 4.69) is 0 Å². The molecule has 1 saturated heterocycles. The zero-order valence-electron chi connectivity index (χ0n) is 9.59. The lowest BCUT2D eigenvalue weighted by molar-refractivity contribution is -0.134. The van der Waals surface area contributed by atoms with Crippen LogP contribution in [0, 0.1) is 0 Å². The van der Waals surface area contributed by atoms with Gasteiger partial charge < -0.3 is 4.90 Å². The Morgan fingerprint density at radius 2 is 1.88 bits per heavy atom. The molecule has 0 aromatic rings. The zero-order valence-corrected chi connectivity index (χ0v) is 10.4. The molecule has 1 heterocycles. The Morgan fingerprint density at radius 1 is 1.25 bits per heavy atom. The lowest BCUT2D eigenvalue weighted by atomic mass is 10.3. The molecule has 1 aliphatic carbocycles. The molecule has 92 valence electrons. The Bertz CT molecular complexity index is 389. The van der Waals surface area contributed by atoms with Gasteiger partial charge in [-0.2, -0.15) is 17.0 Å². The highest BCUT2D eigenvalue weighted by atomic mass is 32.2. The van der Waals surface area contributed by atoms with Crippen molar-refractivity contribution in [1.29, 1.82) is 0 Å². The molecular weight excluding hydrogens is 230 g/mol. The third-order valence-corrected chi connectivity index (χ3v) is 4.88. The van der Waals surface area contributed by atoms with E-state index in [1.165, 1.54) is 18.4 Å². The van der Waals surface area contributed by atoms with Crippen molar-refractivity contribution in [1.82, 2.24) is 13.5 Å². The van der Waals surface area contributed by atoms with Gasteiger partial charge in [0.05, 0.1) is 6.54 Å². The van der Waals surface area contributed by atoms with Gasteiger partial charge in [0, 0.05) is 33.2 Å². The van der Waals surface area contributed by atoms with Crippen molar-refractivity contribution in [2.45, 2.75) is 18.9 Å². The second kappa shape index (κ2) is 3.97. The van der Waals surface area contributed by atoms with Crippen molar-refractivity contribution in [3.8, 4) is 0 Å². The molecule has 0 radical (unpaired) electrons. The highest BCUT2D eigenvalue weighted by molar-refractivity contribution is 7.86. The van der Waals surface area contributed by atoms with Crippen LogP contribution >= 0.6 is 0 Å². The number of hydrogen-bond donors (Lipinski definition) is 0. The van der Waals surface area contributed by atoms with Crippen LogP contribution in [0.2, 0.25) is 0 Å². The second-order valence-electron chi connectivity index (χ2n) is 4.44. The quantitative estimate of drug-likeness (QED) is 0.649. The minimum Gasteiger partial charge on any atom is -0.337 e. The van der Waals surface area contributed by atoms with Gasteiger partial charge in [-0.3, -0.25) is 4.79 Å². The third kappa shape index (κ3) is 2.07. The fourth-order valence-corrected chi connectivity index (χ4v) is 2.91. The zero-order chi connectivity index (χ0) is 11.9. The summed E-state index contributed by atoms with van der Waals surface area (Å²) in [5.74, 6) is -0.0702. The van der Waals surface area contributed by atoms with Crippen molar-refractivity contribution in [3.63, 3.8) is 0 Å². The van der Waals surface area contributed by atoms with Crippen LogP contribution in [0.3, 0.4) is 0 Å². The first-order valence-corrected chi connectivity index (χ1v) is 6.79. The Morgan fingerprint density at radius 3 is 2.31 bits per heavy atom. The predicted octanol–water partition coefficient (Wildman–Crippen LogP) is -0.901. The van der Waals surface area contributed by atoms with E-state index in [-0.39, 0.29) is 12.5 Å². The lowest BCUT2D eigenvalue weighted by Crippen LogP contribution is -2.55. The van der Waals surface area contributed by atoms with Gasteiger partial charge in [0.1, 0.15) is 0 Å². The molecule has 1 aliphatic heterocycles. The molecule has 1 saturated carbocycles. The average Bonchev–Trinajstić information content (AvgIpc) is 3.00. The maximum atomic E-state index is 11.8. The van der Waals surface area contributed by atoms with Crippen molar-refractivity contribution in [2.75, 3.05) is 33.7 Å². The molecule has 0 unspecified atom stereocenters. The molecular formula is C9H17N3O3S. The number of amides is 1. The summed E-state index contributed by atoms with van der Waals surface area (Å²) in [6, 6.07) is 0.372. The van der Waals surface area contributed by atoms with E-state index in [4.69, 9.17) is 0 Å². The van der Waals surface area contributed by atoms with E-state index in [1.807, 2.05) is 4.90 Å². The molecule has 0 spiro atoms. The van der Waals surface area contributed by atoms with Crippen molar-refractivity contribution < 1.29 is 13.2 Å². The molecule has 0 bridgehead atoms. The van der Waals surface area contributed by atoms with Crippen molar-refractivity contribution in [2.24, 2.45) is 0 Å². The number of nitrogens with zero attached hydrogens (tertiary/aromatic N) is 3. The summed E-state index contributed by atoms with van der Waals surface area (Å²) in [7, 11) is -0.484. The number of piperazine rings is 1. The SMILES string of the molecule is CN(C)S(=O)(=O)N1CCN(C2CC2)C(=O)C1. The van der Waals surface area contributed by atoms with Crippen LogP contribution in [0.5, 0.6) is 0 Å². The average molecular weight is 247 g/mol. The summed E-state index contributed by atoms with van der Waals surface area (Å²) in [6.45, 7) is 0.913. The smallest absolute Gasteiger partial charge is 0.282 e. The molecule has 0 aromatic heterocycles. The topological polar surface area (TPSA) is 60.9 Å². The summed E-state index contributed by atoms with van der Waals surface area (Å²) < 4.78 is 26.0. The standard InChI is InChI=1S/C9H17N3O3S/c1-10(2)16(14,15)11-5-6-12(8-3-4-8)9(13)7-11/h8H,3-7H2,1-2H3. The Kier molecular flexibility index (Phi) is 2.93. The summed E-state index contributed by atoms with van der Waals surface area (Å²) >= 11 is 0. The van der Waals surface area contributed by atoms with E-state index >= 15 is 0 Å². The van der Waals surface area contributed by atoms with Gasteiger partial charge in [0.15, 0.2) is 0 Å². The predicted molar refractivity (Wildman–Crippen MR) is 58.9 cm³/mol. The van der Waals surface area contributed by atoms with Crippen LogP contribution < -0.4 is 0 Å². The molecule has 16 heavy (non-hydrogen) atoms. The Hall–Kier alpha value is -0.660. The van der Waals surface area contributed by atoms with Gasteiger partial charge in [-0.1, -0.05) is 0 Å². The number of carbonyl (C=O) groups excluding carboxylic acids is 1. The fourth-order valence-electron chi connectivity index (χ4n) is 1.87. The number of hydrogen-bond acceptors (Lipinski definition) is 3. The molecule has 2 rings (SSSR count). The lowest BCUT2D eigenvalue weighted by Gasteiger charge is -2.34. The third-order valence-electron chi connectivity index (χ3n) is 3.00. The molecule has 0 atom stereocenters. The van der Waals surface area contributed by atoms with Gasteiger partial charge in [0.25, 0.3) is 10.2 Å². The van der Waals surface area contributed by atoms with Crippen LogP contribution in [0.15, 0.2) is 0 Å². The highest BCUT2D eigenvalue weighted by Crippen LogP contribution is 2.28. The monoisotopic (exact) mass is 247 g/mol. The van der Waals surface area contributed by atoms with Crippen LogP contribution in [0.25, 0.3) is 0 Å². The van der Waals surface area contributed by atoms with Crippen molar-refractivity contribution >= 4 is 16.1 Å². The normalized spacial score (nSPS) is 24.2. The van der Waals surface area contributed by atoms with E-state index < -0.39 is 10.2 Å². The molecule has 0 aromatic carbocycles. The van der Waals surface area contributed by atoms with Crippen LogP contribution in [0.4, 0.5) is 0 Å². The van der Waals surface area contributed by atoms with E-state index in [0.29, 0.717) is 19.1 Å². The van der Waals surface area contributed by atoms with Gasteiger partial charge >= 0.3 is 0 Å². The first-order chi connectivity index (χ1) is 7.43. The van der Waals surface area contributed by atoms with Gasteiger partial charge in [-0.15, -0.1) is 0 Å². The van der Waals surface area contributed by atoms with Crippen LogP contribution in [-0.4, -0.2) is 67.6 Å². The van der Waals surface area contributed by atoms with Gasteiger partial charge in [0.2, 0.25) is 5.91 Å². The number of carbonyl (C=O) groups is 1. The first-order valence-electron chi connectivity index (χ1n) is 5.40. The van der Waals surface area contributed by atoms with Crippen LogP contribution in [-0.2, 0) is 15.0 Å². The summed E-state index contributed by atoms with van der Waals surface area (Å²) in [5.41, 5.74) is 0. The first kappa shape index (κ1) is 11.8. The van der Waals surface area contributed by atoms with E-state index in [1.54, 1.807) is 0 Å². The highest BCUT2D eigenvalue weighted by Gasteiger charge is 2.39. The summed E-state index contributed by atoms with van der Waals surface area (Å²) in [5, 5.41) is 0. The molecule has 6 nitrogen and oxygen atoms in total. The molecule has 0 N–H and O–H groups in total. The molecule has 2 fully saturated rings. The van der Waals surface area contributed by atoms with Gasteiger partial charge in [-0.25, -0.2) is 0 Å². The second-order valence-corrected chi connectivity index (χ2v) is 6.58. The maximum absolute atomic E-state index is 11.8. The van der Waals surface area contributed by atoms with Crippen molar-refractivity contribution in [3.05, 3.63) is 0 Å². The minimum atomic E-state index is -3.44. The number of rotatable bonds is 3. The largest absolute Gasteiger partial charge is 0.337 e. The van der Waals surface area contributed by atoms with Crippen LogP contribution in [0.1, 0.15) is 12.8 Å². The molecule has 1 amide bonds. The van der Waals surface area contributed by atoms with Gasteiger partial charge in [-0.05, 0) is 12.8 Å². The molecule has 7 heteroatoms. The Balaban J connectivity index is 2.04. The van der Waals surface area contributed by atoms with E-state index in [0.717, 1.165) is 17.1 Å². The maximum Gasteiger partial charge on any atom is 0.282 e. The summed E-state index contributed by atoms with van der Waals surface area (Å²) in [4.78, 5) is 13.6. The molecule has 2 aliphatic rings. The van der Waals surface area contributed by atoms with E-state index in [9.17, 15) is 13.2 Å². The summed E-state index contributed by atoms with van der Waals surface area (Å²) in [6.07, 6.45) is 2.12. The fraction of sp³-hybridized carbons (Fsp3) is 0.889. The minimum absolute atomic E-state index is 0.0169. The Labute approximate surface area is 96.0 Å².